The third kappa shape index (κ3) is 5.11. The van der Waals surface area contributed by atoms with E-state index in [0.29, 0.717) is 17.3 Å². The van der Waals surface area contributed by atoms with Gasteiger partial charge in [0.05, 0.1) is 6.61 Å². The molecule has 0 unspecified atom stereocenters. The number of anilines is 1. The van der Waals surface area contributed by atoms with Crippen molar-refractivity contribution < 1.29 is 9.53 Å². The van der Waals surface area contributed by atoms with Crippen LogP contribution >= 0.6 is 11.5 Å². The number of aromatic nitrogens is 3. The lowest BCUT2D eigenvalue weighted by Crippen LogP contribution is -2.11. The molecule has 0 spiro atoms. The van der Waals surface area contributed by atoms with Crippen LogP contribution in [-0.4, -0.2) is 27.3 Å². The molecule has 0 fully saturated rings. The van der Waals surface area contributed by atoms with E-state index in [1.807, 2.05) is 0 Å². The van der Waals surface area contributed by atoms with E-state index in [0.717, 1.165) is 23.7 Å². The Morgan fingerprint density at radius 3 is 2.71 bits per heavy atom. The fourth-order valence-corrected chi connectivity index (χ4v) is 2.13. The van der Waals surface area contributed by atoms with Crippen molar-refractivity contribution in [2.45, 2.75) is 32.6 Å². The van der Waals surface area contributed by atoms with Crippen molar-refractivity contribution in [3.8, 4) is 5.75 Å². The first kappa shape index (κ1) is 15.4. The van der Waals surface area contributed by atoms with Crippen molar-refractivity contribution in [2.75, 3.05) is 11.9 Å². The van der Waals surface area contributed by atoms with Crippen LogP contribution in [0.5, 0.6) is 5.75 Å². The van der Waals surface area contributed by atoms with Crippen LogP contribution in [0.15, 0.2) is 24.3 Å². The van der Waals surface area contributed by atoms with E-state index in [2.05, 4.69) is 27.0 Å². The largest absolute Gasteiger partial charge is 0.494 e. The van der Waals surface area contributed by atoms with Crippen LogP contribution in [0.3, 0.4) is 0 Å². The molecule has 2 rings (SSSR count). The maximum absolute atomic E-state index is 11.9. The predicted molar refractivity (Wildman–Crippen MR) is 81.7 cm³/mol. The number of unbranched alkanes of at least 4 members (excludes halogenated alkanes) is 3. The highest BCUT2D eigenvalue weighted by Crippen LogP contribution is 2.15. The molecule has 1 aromatic heterocycles. The number of carbonyl (C=O) groups excluding carboxylic acids is 1. The molecule has 1 heterocycles. The number of amides is 1. The smallest absolute Gasteiger partial charge is 0.257 e. The highest BCUT2D eigenvalue weighted by Gasteiger charge is 2.08. The summed E-state index contributed by atoms with van der Waals surface area (Å²) in [7, 11) is 0. The summed E-state index contributed by atoms with van der Waals surface area (Å²) >= 11 is 1.04. The molecule has 0 radical (unpaired) electrons. The minimum Gasteiger partial charge on any atom is -0.494 e. The molecule has 0 atom stereocenters. The Morgan fingerprint density at radius 2 is 2.05 bits per heavy atom. The van der Waals surface area contributed by atoms with Crippen molar-refractivity contribution in [3.63, 3.8) is 0 Å². The summed E-state index contributed by atoms with van der Waals surface area (Å²) in [6.07, 6.45) is 4.70. The Balaban J connectivity index is 1.79. The highest BCUT2D eigenvalue weighted by atomic mass is 32.1. The van der Waals surface area contributed by atoms with Crippen LogP contribution in [0.25, 0.3) is 0 Å². The van der Waals surface area contributed by atoms with Gasteiger partial charge in [0.25, 0.3) is 5.91 Å². The minimum atomic E-state index is -0.233. The molecule has 1 amide bonds. The Labute approximate surface area is 127 Å². The minimum absolute atomic E-state index is 0.233. The Bertz CT molecular complexity index is 543. The number of carbonyl (C=O) groups is 1. The van der Waals surface area contributed by atoms with E-state index >= 15 is 0 Å². The molecule has 112 valence electrons. The normalized spacial score (nSPS) is 10.3. The first-order chi connectivity index (χ1) is 10.3. The first-order valence-corrected chi connectivity index (χ1v) is 7.76. The van der Waals surface area contributed by atoms with Crippen molar-refractivity contribution in [2.24, 2.45) is 0 Å². The molecule has 21 heavy (non-hydrogen) atoms. The summed E-state index contributed by atoms with van der Waals surface area (Å²) < 4.78 is 9.21. The molecule has 0 saturated heterocycles. The Hall–Kier alpha value is -2.02. The van der Waals surface area contributed by atoms with Crippen LogP contribution in [0.2, 0.25) is 0 Å². The second kappa shape index (κ2) is 8.31. The Kier molecular flexibility index (Phi) is 6.08. The van der Waals surface area contributed by atoms with Gasteiger partial charge < -0.3 is 4.74 Å². The van der Waals surface area contributed by atoms with Gasteiger partial charge in [-0.2, -0.15) is 0 Å². The third-order valence-electron chi connectivity index (χ3n) is 2.90. The fourth-order valence-electron chi connectivity index (χ4n) is 1.77. The molecule has 0 saturated carbocycles. The van der Waals surface area contributed by atoms with Crippen molar-refractivity contribution in [1.82, 2.24) is 14.8 Å². The van der Waals surface area contributed by atoms with Crippen LogP contribution < -0.4 is 10.1 Å². The second-order valence-electron chi connectivity index (χ2n) is 4.56. The average molecular weight is 306 g/mol. The number of hydrogen-bond acceptors (Lipinski definition) is 6. The zero-order valence-corrected chi connectivity index (χ0v) is 12.7. The average Bonchev–Trinajstić information content (AvgIpc) is 3.00. The van der Waals surface area contributed by atoms with Crippen LogP contribution in [0.4, 0.5) is 5.13 Å². The molecule has 6 nitrogen and oxygen atoms in total. The summed E-state index contributed by atoms with van der Waals surface area (Å²) in [6, 6.07) is 7.05. The van der Waals surface area contributed by atoms with Crippen LogP contribution in [0, 0.1) is 0 Å². The number of ether oxygens (including phenoxy) is 1. The fraction of sp³-hybridized carbons (Fsp3) is 0.429. The lowest BCUT2D eigenvalue weighted by atomic mass is 10.2. The number of benzene rings is 1. The van der Waals surface area contributed by atoms with Gasteiger partial charge in [0.2, 0.25) is 5.13 Å². The van der Waals surface area contributed by atoms with Crippen LogP contribution in [0.1, 0.15) is 43.0 Å². The van der Waals surface area contributed by atoms with Crippen molar-refractivity contribution in [1.29, 1.82) is 0 Å². The summed E-state index contributed by atoms with van der Waals surface area (Å²) in [5, 5.41) is 10.1. The van der Waals surface area contributed by atoms with E-state index in [4.69, 9.17) is 4.74 Å². The van der Waals surface area contributed by atoms with Crippen molar-refractivity contribution >= 4 is 22.6 Å². The summed E-state index contributed by atoms with van der Waals surface area (Å²) in [5.41, 5.74) is 0.545. The summed E-state index contributed by atoms with van der Waals surface area (Å²) in [6.45, 7) is 2.89. The molecular formula is C14H18N4O2S. The maximum Gasteiger partial charge on any atom is 0.257 e. The van der Waals surface area contributed by atoms with Crippen molar-refractivity contribution in [3.05, 3.63) is 29.8 Å². The van der Waals surface area contributed by atoms with E-state index in [9.17, 15) is 4.79 Å². The molecule has 1 N–H and O–H groups in total. The van der Waals surface area contributed by atoms with Gasteiger partial charge in [0.15, 0.2) is 0 Å². The predicted octanol–water partition coefficient (Wildman–Crippen LogP) is 3.14. The molecule has 0 aliphatic carbocycles. The number of rotatable bonds is 8. The van der Waals surface area contributed by atoms with E-state index in [1.165, 1.54) is 19.3 Å². The topological polar surface area (TPSA) is 77.0 Å². The zero-order chi connectivity index (χ0) is 14.9. The lowest BCUT2D eigenvalue weighted by Gasteiger charge is -2.06. The molecule has 1 aromatic carbocycles. The van der Waals surface area contributed by atoms with E-state index < -0.39 is 0 Å². The van der Waals surface area contributed by atoms with Gasteiger partial charge in [0.1, 0.15) is 5.75 Å². The molecule has 0 bridgehead atoms. The monoisotopic (exact) mass is 306 g/mol. The summed E-state index contributed by atoms with van der Waals surface area (Å²) in [4.78, 5) is 11.9. The van der Waals surface area contributed by atoms with E-state index in [-0.39, 0.29) is 5.91 Å². The van der Waals surface area contributed by atoms with E-state index in [1.54, 1.807) is 24.3 Å². The van der Waals surface area contributed by atoms with Gasteiger partial charge in [-0.3, -0.25) is 10.1 Å². The van der Waals surface area contributed by atoms with Gasteiger partial charge in [-0.1, -0.05) is 35.8 Å². The van der Waals surface area contributed by atoms with Gasteiger partial charge in [-0.15, -0.1) is 0 Å². The highest BCUT2D eigenvalue weighted by molar-refractivity contribution is 7.09. The van der Waals surface area contributed by atoms with Gasteiger partial charge in [-0.25, -0.2) is 0 Å². The van der Waals surface area contributed by atoms with Gasteiger partial charge >= 0.3 is 0 Å². The molecular weight excluding hydrogens is 288 g/mol. The first-order valence-electron chi connectivity index (χ1n) is 6.99. The quantitative estimate of drug-likeness (QED) is 0.758. The number of nitrogens with zero attached hydrogens (tertiary/aromatic N) is 3. The van der Waals surface area contributed by atoms with Crippen LogP contribution in [-0.2, 0) is 0 Å². The lowest BCUT2D eigenvalue weighted by molar-refractivity contribution is 0.102. The Morgan fingerprint density at radius 1 is 1.24 bits per heavy atom. The van der Waals surface area contributed by atoms with Gasteiger partial charge in [-0.05, 0) is 35.9 Å². The maximum atomic E-state index is 11.9. The summed E-state index contributed by atoms with van der Waals surface area (Å²) in [5.74, 6) is 0.545. The standard InChI is InChI=1S/C14H18N4O2S/c1-2-3-4-5-10-20-12-8-6-11(7-9-12)13(19)15-14-16-17-18-21-14/h6-9H,2-5,10H2,1H3,(H,15,16,18,19). The molecule has 0 aliphatic rings. The third-order valence-corrected chi connectivity index (χ3v) is 3.41. The number of nitrogens with one attached hydrogen (secondary N) is 1. The number of hydrogen-bond donors (Lipinski definition) is 1. The zero-order valence-electron chi connectivity index (χ0n) is 11.9. The molecule has 7 heteroatoms. The molecule has 0 aliphatic heterocycles. The molecule has 2 aromatic rings. The second-order valence-corrected chi connectivity index (χ2v) is 5.29. The SMILES string of the molecule is CCCCCCOc1ccc(C(=O)Nc2nnns2)cc1. The van der Waals surface area contributed by atoms with Gasteiger partial charge in [0, 0.05) is 17.1 Å².